The van der Waals surface area contributed by atoms with E-state index in [1.54, 1.807) is 24.3 Å². The first-order valence-electron chi connectivity index (χ1n) is 10.6. The van der Waals surface area contributed by atoms with Gasteiger partial charge in [-0.3, -0.25) is 14.6 Å². The van der Waals surface area contributed by atoms with E-state index in [2.05, 4.69) is 15.3 Å². The van der Waals surface area contributed by atoms with Crippen LogP contribution >= 0.6 is 0 Å². The highest BCUT2D eigenvalue weighted by molar-refractivity contribution is 5.95. The molecule has 0 atom stereocenters. The molecule has 8 nitrogen and oxygen atoms in total. The van der Waals surface area contributed by atoms with Gasteiger partial charge >= 0.3 is 0 Å². The number of benzene rings is 3. The van der Waals surface area contributed by atoms with Crippen molar-refractivity contribution in [2.24, 2.45) is 11.5 Å². The van der Waals surface area contributed by atoms with Crippen LogP contribution in [0.3, 0.4) is 0 Å². The molecule has 170 valence electrons. The van der Waals surface area contributed by atoms with Crippen molar-refractivity contribution in [2.75, 3.05) is 0 Å². The number of nitrogens with one attached hydrogen (secondary N) is 1. The van der Waals surface area contributed by atoms with Crippen LogP contribution in [0, 0.1) is 0 Å². The number of aromatic nitrogens is 2. The topological polar surface area (TPSA) is 133 Å². The van der Waals surface area contributed by atoms with E-state index in [0.29, 0.717) is 34.8 Å². The van der Waals surface area contributed by atoms with Gasteiger partial charge in [0.25, 0.3) is 11.8 Å². The molecule has 2 amide bonds. The van der Waals surface area contributed by atoms with Crippen LogP contribution in [0.1, 0.15) is 32.1 Å². The summed E-state index contributed by atoms with van der Waals surface area (Å²) in [6.07, 6.45) is 1.50. The third kappa shape index (κ3) is 5.43. The first-order chi connectivity index (χ1) is 16.5. The number of nitrogens with zero attached hydrogens (tertiary/aromatic N) is 2. The van der Waals surface area contributed by atoms with E-state index >= 15 is 0 Å². The number of amides is 2. The molecule has 0 saturated heterocycles. The normalized spacial score (nSPS) is 10.5. The van der Waals surface area contributed by atoms with Crippen molar-refractivity contribution in [3.05, 3.63) is 108 Å². The largest absolute Gasteiger partial charge is 0.457 e. The number of nitrogens with two attached hydrogens (primary N) is 2. The second-order valence-corrected chi connectivity index (χ2v) is 7.44. The van der Waals surface area contributed by atoms with Gasteiger partial charge in [-0.25, -0.2) is 4.98 Å². The number of ether oxygens (including phenoxy) is 1. The Morgan fingerprint density at radius 3 is 2.44 bits per heavy atom. The predicted octanol–water partition coefficient (Wildman–Crippen LogP) is 3.42. The average molecular weight is 454 g/mol. The summed E-state index contributed by atoms with van der Waals surface area (Å²) in [5, 5.41) is 2.91. The molecule has 0 unspecified atom stereocenters. The molecule has 0 fully saturated rings. The van der Waals surface area contributed by atoms with Crippen LogP contribution < -0.4 is 21.5 Å². The summed E-state index contributed by atoms with van der Waals surface area (Å²) in [7, 11) is 0. The fourth-order valence-electron chi connectivity index (χ4n) is 3.35. The summed E-state index contributed by atoms with van der Waals surface area (Å²) >= 11 is 0. The van der Waals surface area contributed by atoms with Crippen molar-refractivity contribution in [2.45, 2.75) is 13.1 Å². The van der Waals surface area contributed by atoms with E-state index in [1.807, 2.05) is 54.6 Å². The molecule has 0 spiro atoms. The summed E-state index contributed by atoms with van der Waals surface area (Å²) in [5.74, 6) is 0.465. The number of hydrogen-bond donors (Lipinski definition) is 3. The van der Waals surface area contributed by atoms with Crippen molar-refractivity contribution in [3.8, 4) is 22.8 Å². The first kappa shape index (κ1) is 22.6. The van der Waals surface area contributed by atoms with E-state index < -0.39 is 5.91 Å². The summed E-state index contributed by atoms with van der Waals surface area (Å²) in [6, 6.07) is 23.9. The molecule has 0 aliphatic heterocycles. The maximum absolute atomic E-state index is 12.8. The Bertz CT molecular complexity index is 1330. The number of rotatable bonds is 8. The molecule has 5 N–H and O–H groups in total. The molecule has 0 bridgehead atoms. The third-order valence-electron chi connectivity index (χ3n) is 5.03. The number of primary amides is 1. The second-order valence-electron chi connectivity index (χ2n) is 7.44. The minimum Gasteiger partial charge on any atom is -0.457 e. The molecule has 1 aromatic heterocycles. The maximum Gasteiger partial charge on any atom is 0.269 e. The third-order valence-corrected chi connectivity index (χ3v) is 5.03. The highest BCUT2D eigenvalue weighted by Crippen LogP contribution is 2.22. The minimum atomic E-state index is -0.706. The van der Waals surface area contributed by atoms with Crippen LogP contribution in [-0.4, -0.2) is 21.8 Å². The quantitative estimate of drug-likeness (QED) is 0.374. The fourth-order valence-corrected chi connectivity index (χ4v) is 3.35. The van der Waals surface area contributed by atoms with E-state index in [0.717, 1.165) is 11.3 Å². The molecule has 0 saturated carbocycles. The van der Waals surface area contributed by atoms with Gasteiger partial charge in [0.15, 0.2) is 5.69 Å². The van der Waals surface area contributed by atoms with Crippen LogP contribution in [0.15, 0.2) is 85.1 Å². The minimum absolute atomic E-state index is 0.0208. The Morgan fingerprint density at radius 2 is 1.68 bits per heavy atom. The lowest BCUT2D eigenvalue weighted by molar-refractivity contribution is 0.0949. The van der Waals surface area contributed by atoms with E-state index in [-0.39, 0.29) is 18.1 Å². The highest BCUT2D eigenvalue weighted by Gasteiger charge is 2.14. The molecule has 4 rings (SSSR count). The van der Waals surface area contributed by atoms with Gasteiger partial charge < -0.3 is 21.5 Å². The SMILES string of the molecule is NCc1ncc(-c2cccc(C(=O)NCc3cccc(Oc4ccccc4)c3)c2)nc1C(N)=O. The lowest BCUT2D eigenvalue weighted by atomic mass is 10.1. The van der Waals surface area contributed by atoms with Gasteiger partial charge in [-0.2, -0.15) is 0 Å². The number of carbonyl (C=O) groups is 2. The zero-order chi connectivity index (χ0) is 23.9. The smallest absolute Gasteiger partial charge is 0.269 e. The number of carbonyl (C=O) groups excluding carboxylic acids is 2. The van der Waals surface area contributed by atoms with E-state index in [9.17, 15) is 9.59 Å². The summed E-state index contributed by atoms with van der Waals surface area (Å²) in [4.78, 5) is 32.9. The fraction of sp³-hybridized carbons (Fsp3) is 0.0769. The van der Waals surface area contributed by atoms with Crippen LogP contribution in [0.2, 0.25) is 0 Å². The van der Waals surface area contributed by atoms with Gasteiger partial charge in [0.1, 0.15) is 11.5 Å². The van der Waals surface area contributed by atoms with Crippen LogP contribution in [0.5, 0.6) is 11.5 Å². The number of para-hydroxylation sites is 1. The summed E-state index contributed by atoms with van der Waals surface area (Å²) in [6.45, 7) is 0.372. The van der Waals surface area contributed by atoms with Gasteiger partial charge in [-0.1, -0.05) is 42.5 Å². The van der Waals surface area contributed by atoms with Crippen molar-refractivity contribution < 1.29 is 14.3 Å². The van der Waals surface area contributed by atoms with Gasteiger partial charge in [-0.15, -0.1) is 0 Å². The monoisotopic (exact) mass is 453 g/mol. The molecule has 4 aromatic rings. The Labute approximate surface area is 196 Å². The van der Waals surface area contributed by atoms with Gasteiger partial charge in [0.2, 0.25) is 0 Å². The average Bonchev–Trinajstić information content (AvgIpc) is 2.87. The molecular weight excluding hydrogens is 430 g/mol. The molecule has 0 aliphatic rings. The molecule has 1 heterocycles. The van der Waals surface area contributed by atoms with Crippen LogP contribution in [0.4, 0.5) is 0 Å². The zero-order valence-electron chi connectivity index (χ0n) is 18.3. The van der Waals surface area contributed by atoms with Crippen LogP contribution in [0.25, 0.3) is 11.3 Å². The summed E-state index contributed by atoms with van der Waals surface area (Å²) < 4.78 is 5.85. The first-order valence-corrected chi connectivity index (χ1v) is 10.6. The van der Waals surface area contributed by atoms with Crippen molar-refractivity contribution in [1.29, 1.82) is 0 Å². The predicted molar refractivity (Wildman–Crippen MR) is 128 cm³/mol. The van der Waals surface area contributed by atoms with E-state index in [4.69, 9.17) is 16.2 Å². The maximum atomic E-state index is 12.8. The molecule has 0 radical (unpaired) electrons. The van der Waals surface area contributed by atoms with Crippen molar-refractivity contribution >= 4 is 11.8 Å². The molecular formula is C26H23N5O3. The Morgan fingerprint density at radius 1 is 0.912 bits per heavy atom. The standard InChI is InChI=1S/C26H23N5O3/c27-14-22-24(25(28)32)31-23(16-29-22)18-7-5-8-19(13-18)26(33)30-15-17-6-4-11-21(12-17)34-20-9-2-1-3-10-20/h1-13,16H,14-15,27H2,(H2,28,32)(H,30,33). The van der Waals surface area contributed by atoms with E-state index in [1.165, 1.54) is 6.20 Å². The Balaban J connectivity index is 1.46. The zero-order valence-corrected chi connectivity index (χ0v) is 18.3. The Hall–Kier alpha value is -4.56. The van der Waals surface area contributed by atoms with Gasteiger partial charge in [-0.05, 0) is 42.0 Å². The highest BCUT2D eigenvalue weighted by atomic mass is 16.5. The van der Waals surface area contributed by atoms with Crippen molar-refractivity contribution in [3.63, 3.8) is 0 Å². The van der Waals surface area contributed by atoms with Crippen LogP contribution in [-0.2, 0) is 13.1 Å². The molecule has 0 aliphatic carbocycles. The lowest BCUT2D eigenvalue weighted by Crippen LogP contribution is -2.22. The van der Waals surface area contributed by atoms with Crippen molar-refractivity contribution in [1.82, 2.24) is 15.3 Å². The lowest BCUT2D eigenvalue weighted by Gasteiger charge is -2.10. The van der Waals surface area contributed by atoms with Gasteiger partial charge in [0.05, 0.1) is 17.6 Å². The number of hydrogen-bond acceptors (Lipinski definition) is 6. The van der Waals surface area contributed by atoms with Gasteiger partial charge in [0, 0.05) is 24.2 Å². The Kier molecular flexibility index (Phi) is 6.90. The molecule has 34 heavy (non-hydrogen) atoms. The summed E-state index contributed by atoms with van der Waals surface area (Å²) in [5.41, 5.74) is 13.7. The molecule has 8 heteroatoms. The molecule has 3 aromatic carbocycles. The second kappa shape index (κ2) is 10.4.